The quantitative estimate of drug-likeness (QED) is 0.301. The molecule has 0 unspecified atom stereocenters. The third kappa shape index (κ3) is 5.66. The number of hydrogen-bond donors (Lipinski definition) is 0. The molecule has 174 valence electrons. The van der Waals surface area contributed by atoms with Crippen molar-refractivity contribution in [2.45, 2.75) is 33.2 Å². The number of aryl methyl sites for hydroxylation is 3. The van der Waals surface area contributed by atoms with Crippen molar-refractivity contribution in [2.24, 2.45) is 0 Å². The van der Waals surface area contributed by atoms with Gasteiger partial charge in [0, 0.05) is 25.5 Å². The highest BCUT2D eigenvalue weighted by atomic mass is 35.5. The van der Waals surface area contributed by atoms with Crippen LogP contribution in [0.1, 0.15) is 23.1 Å². The molecule has 4 aromatic rings. The minimum atomic E-state index is 0. The minimum absolute atomic E-state index is 0. The molecule has 6 nitrogen and oxygen atoms in total. The van der Waals surface area contributed by atoms with Gasteiger partial charge in [-0.25, -0.2) is 9.97 Å². The number of fused-ring (bicyclic) bond motifs is 1. The molecular formula is C24H26Cl2N4O2S. The van der Waals surface area contributed by atoms with Crippen LogP contribution in [-0.2, 0) is 17.8 Å². The van der Waals surface area contributed by atoms with Crippen LogP contribution in [0.15, 0.2) is 49.1 Å². The molecule has 33 heavy (non-hydrogen) atoms. The predicted octanol–water partition coefficient (Wildman–Crippen LogP) is 5.86. The lowest BCUT2D eigenvalue weighted by Crippen LogP contribution is -2.33. The van der Waals surface area contributed by atoms with E-state index in [1.54, 1.807) is 36.7 Å². The fourth-order valence-electron chi connectivity index (χ4n) is 3.68. The molecule has 0 atom stereocenters. The normalized spacial score (nSPS) is 10.8. The second-order valence-corrected chi connectivity index (χ2v) is 9.11. The van der Waals surface area contributed by atoms with Crippen LogP contribution >= 0.6 is 35.3 Å². The number of methoxy groups -OCH3 is 1. The molecule has 0 fully saturated rings. The van der Waals surface area contributed by atoms with Crippen LogP contribution in [0.5, 0.6) is 5.75 Å². The van der Waals surface area contributed by atoms with E-state index in [9.17, 15) is 4.79 Å². The molecule has 4 rings (SSSR count). The zero-order valence-electron chi connectivity index (χ0n) is 18.7. The number of anilines is 1. The van der Waals surface area contributed by atoms with Gasteiger partial charge in [-0.1, -0.05) is 46.7 Å². The number of aromatic nitrogens is 3. The maximum absolute atomic E-state index is 13.5. The van der Waals surface area contributed by atoms with E-state index in [-0.39, 0.29) is 18.3 Å². The average molecular weight is 505 g/mol. The molecule has 0 aliphatic rings. The van der Waals surface area contributed by atoms with Crippen molar-refractivity contribution < 1.29 is 9.53 Å². The zero-order chi connectivity index (χ0) is 22.7. The number of imidazole rings is 1. The fraction of sp³-hybridized carbons (Fsp3) is 0.292. The molecule has 9 heteroatoms. The first-order chi connectivity index (χ1) is 15.5. The molecule has 0 bridgehead atoms. The Morgan fingerprint density at radius 3 is 2.76 bits per heavy atom. The van der Waals surface area contributed by atoms with Crippen molar-refractivity contribution in [3.63, 3.8) is 0 Å². The summed E-state index contributed by atoms with van der Waals surface area (Å²) in [5.41, 5.74) is 4.00. The van der Waals surface area contributed by atoms with Gasteiger partial charge >= 0.3 is 0 Å². The lowest BCUT2D eigenvalue weighted by Gasteiger charge is -2.20. The van der Waals surface area contributed by atoms with E-state index in [2.05, 4.69) is 18.0 Å². The molecule has 0 radical (unpaired) electrons. The van der Waals surface area contributed by atoms with Gasteiger partial charge in [0.2, 0.25) is 5.91 Å². The first-order valence-electron chi connectivity index (χ1n) is 10.4. The highest BCUT2D eigenvalue weighted by Gasteiger charge is 2.22. The van der Waals surface area contributed by atoms with E-state index in [0.717, 1.165) is 28.8 Å². The van der Waals surface area contributed by atoms with Crippen molar-refractivity contribution in [3.8, 4) is 5.75 Å². The summed E-state index contributed by atoms with van der Waals surface area (Å²) in [6.07, 6.45) is 6.55. The second kappa shape index (κ2) is 11.0. The second-order valence-electron chi connectivity index (χ2n) is 7.73. The highest BCUT2D eigenvalue weighted by Crippen LogP contribution is 2.39. The Bertz CT molecular complexity index is 1240. The van der Waals surface area contributed by atoms with Crippen molar-refractivity contribution in [1.29, 1.82) is 0 Å². The maximum Gasteiger partial charge on any atom is 0.233 e. The molecule has 0 aliphatic carbocycles. The Morgan fingerprint density at radius 2 is 2.06 bits per heavy atom. The van der Waals surface area contributed by atoms with Crippen LogP contribution in [-0.4, -0.2) is 34.1 Å². The van der Waals surface area contributed by atoms with Crippen molar-refractivity contribution >= 4 is 56.6 Å². The van der Waals surface area contributed by atoms with Gasteiger partial charge < -0.3 is 9.30 Å². The third-order valence-electron chi connectivity index (χ3n) is 5.40. The van der Waals surface area contributed by atoms with Crippen molar-refractivity contribution in [3.05, 3.63) is 70.8 Å². The van der Waals surface area contributed by atoms with Gasteiger partial charge in [-0.05, 0) is 43.5 Å². The summed E-state index contributed by atoms with van der Waals surface area (Å²) >= 11 is 7.84. The molecule has 0 spiro atoms. The summed E-state index contributed by atoms with van der Waals surface area (Å²) in [6, 6.07) is 9.78. The Hall–Kier alpha value is -2.61. The smallest absolute Gasteiger partial charge is 0.233 e. The number of benzene rings is 2. The summed E-state index contributed by atoms with van der Waals surface area (Å²) in [7, 11) is 1.61. The van der Waals surface area contributed by atoms with Crippen LogP contribution in [0.25, 0.3) is 10.2 Å². The first-order valence-corrected chi connectivity index (χ1v) is 11.6. The zero-order valence-corrected chi connectivity index (χ0v) is 21.1. The predicted molar refractivity (Wildman–Crippen MR) is 137 cm³/mol. The molecule has 2 aromatic carbocycles. The molecule has 0 saturated carbocycles. The van der Waals surface area contributed by atoms with Gasteiger partial charge in [0.15, 0.2) is 5.13 Å². The van der Waals surface area contributed by atoms with E-state index in [1.165, 1.54) is 16.9 Å². The van der Waals surface area contributed by atoms with Crippen LogP contribution in [0.3, 0.4) is 0 Å². The van der Waals surface area contributed by atoms with E-state index in [1.807, 2.05) is 29.8 Å². The number of hydrogen-bond acceptors (Lipinski definition) is 5. The number of halogens is 2. The maximum atomic E-state index is 13.5. The molecule has 1 amide bonds. The van der Waals surface area contributed by atoms with Crippen LogP contribution in [0.4, 0.5) is 5.13 Å². The van der Waals surface area contributed by atoms with Crippen molar-refractivity contribution in [2.75, 3.05) is 18.6 Å². The summed E-state index contributed by atoms with van der Waals surface area (Å²) in [4.78, 5) is 24.1. The number of carbonyl (C=O) groups excluding carboxylic acids is 1. The minimum Gasteiger partial charge on any atom is -0.494 e. The summed E-state index contributed by atoms with van der Waals surface area (Å²) < 4.78 is 8.28. The number of thiazole rings is 1. The number of nitrogens with zero attached hydrogens (tertiary/aromatic N) is 4. The number of ether oxygens (including phenoxy) is 1. The SMILES string of the molecule is COc1ccc(Cl)c2sc(N(CCCn3ccnc3)C(=O)Cc3ccc(C)cc3C)nc12.Cl. The monoisotopic (exact) mass is 504 g/mol. The Morgan fingerprint density at radius 1 is 1.24 bits per heavy atom. The van der Waals surface area contributed by atoms with E-state index in [0.29, 0.717) is 34.4 Å². The van der Waals surface area contributed by atoms with Gasteiger partial charge in [0.1, 0.15) is 11.3 Å². The molecular weight excluding hydrogens is 479 g/mol. The number of amides is 1. The number of carbonyl (C=O) groups is 1. The summed E-state index contributed by atoms with van der Waals surface area (Å²) in [6.45, 7) is 5.41. The summed E-state index contributed by atoms with van der Waals surface area (Å²) in [5.74, 6) is 0.656. The van der Waals surface area contributed by atoms with Gasteiger partial charge in [-0.3, -0.25) is 9.69 Å². The lowest BCUT2D eigenvalue weighted by atomic mass is 10.0. The molecule has 0 aliphatic heterocycles. The average Bonchev–Trinajstić information content (AvgIpc) is 3.44. The van der Waals surface area contributed by atoms with Crippen LogP contribution in [0.2, 0.25) is 5.02 Å². The largest absolute Gasteiger partial charge is 0.494 e. The van der Waals surface area contributed by atoms with Gasteiger partial charge in [0.25, 0.3) is 0 Å². The van der Waals surface area contributed by atoms with Crippen LogP contribution in [0, 0.1) is 13.8 Å². The Balaban J connectivity index is 0.00000306. The van der Waals surface area contributed by atoms with Gasteiger partial charge in [-0.2, -0.15) is 0 Å². The van der Waals surface area contributed by atoms with Gasteiger partial charge in [-0.15, -0.1) is 12.4 Å². The summed E-state index contributed by atoms with van der Waals surface area (Å²) in [5, 5.41) is 1.23. The van der Waals surface area contributed by atoms with E-state index in [4.69, 9.17) is 21.3 Å². The molecule has 0 N–H and O–H groups in total. The van der Waals surface area contributed by atoms with Crippen molar-refractivity contribution in [1.82, 2.24) is 14.5 Å². The Kier molecular flexibility index (Phi) is 8.35. The first kappa shape index (κ1) is 25.0. The topological polar surface area (TPSA) is 60.2 Å². The van der Waals surface area contributed by atoms with Gasteiger partial charge in [0.05, 0.1) is 29.6 Å². The molecule has 2 aromatic heterocycles. The highest BCUT2D eigenvalue weighted by molar-refractivity contribution is 7.23. The lowest BCUT2D eigenvalue weighted by molar-refractivity contribution is -0.118. The van der Waals surface area contributed by atoms with E-state index < -0.39 is 0 Å². The Labute approximate surface area is 208 Å². The molecule has 2 heterocycles. The van der Waals surface area contributed by atoms with Crippen LogP contribution < -0.4 is 9.64 Å². The third-order valence-corrected chi connectivity index (χ3v) is 6.93. The molecule has 0 saturated heterocycles. The number of rotatable bonds is 8. The standard InChI is InChI=1S/C24H25ClN4O2S.ClH/c1-16-5-6-18(17(2)13-16)14-21(30)29(11-4-10-28-12-9-26-15-28)24-27-22-20(31-3)8-7-19(25)23(22)32-24;/h5-9,12-13,15H,4,10-11,14H2,1-3H3;1H. The fourth-order valence-corrected chi connectivity index (χ4v) is 4.98. The van der Waals surface area contributed by atoms with E-state index >= 15 is 0 Å².